The highest BCUT2D eigenvalue weighted by Gasteiger charge is 2.17. The van der Waals surface area contributed by atoms with Crippen LogP contribution in [0.3, 0.4) is 0 Å². The summed E-state index contributed by atoms with van der Waals surface area (Å²) in [5.74, 6) is -0.664. The van der Waals surface area contributed by atoms with Crippen molar-refractivity contribution in [1.82, 2.24) is 4.98 Å². The maximum absolute atomic E-state index is 13.3. The van der Waals surface area contributed by atoms with Gasteiger partial charge in [-0.1, -0.05) is 0 Å². The molecule has 1 heterocycles. The minimum atomic E-state index is -0.664. The first-order valence-corrected chi connectivity index (χ1v) is 6.87. The molecule has 0 spiro atoms. The normalized spacial score (nSPS) is 10.5. The van der Waals surface area contributed by atoms with Crippen LogP contribution in [0.25, 0.3) is 0 Å². The Balaban J connectivity index is 2.23. The Morgan fingerprint density at radius 3 is 2.89 bits per heavy atom. The van der Waals surface area contributed by atoms with Gasteiger partial charge in [-0.15, -0.1) is 11.3 Å². The average molecular weight is 346 g/mol. The first-order valence-electron chi connectivity index (χ1n) is 5.26. The van der Waals surface area contributed by atoms with Gasteiger partial charge in [-0.2, -0.15) is 0 Å². The van der Waals surface area contributed by atoms with E-state index in [1.807, 2.05) is 6.92 Å². The number of aryl methyl sites for hydroxylation is 1. The van der Waals surface area contributed by atoms with Gasteiger partial charge in [-0.3, -0.25) is 10.1 Å². The van der Waals surface area contributed by atoms with Crippen LogP contribution in [-0.2, 0) is 6.54 Å². The summed E-state index contributed by atoms with van der Waals surface area (Å²) in [4.78, 5) is 15.5. The maximum Gasteiger partial charge on any atom is 0.295 e. The highest BCUT2D eigenvalue weighted by atomic mass is 79.9. The zero-order chi connectivity index (χ0) is 14.0. The predicted octanol–water partition coefficient (Wildman–Crippen LogP) is 3.87. The van der Waals surface area contributed by atoms with E-state index in [0.717, 1.165) is 16.0 Å². The van der Waals surface area contributed by atoms with Gasteiger partial charge in [0.15, 0.2) is 0 Å². The zero-order valence-corrected chi connectivity index (χ0v) is 12.2. The van der Waals surface area contributed by atoms with E-state index in [1.165, 1.54) is 17.4 Å². The Labute approximate surface area is 120 Å². The van der Waals surface area contributed by atoms with Crippen LogP contribution in [0.4, 0.5) is 15.8 Å². The van der Waals surface area contributed by atoms with Crippen molar-refractivity contribution in [3.63, 3.8) is 0 Å². The fourth-order valence-corrected chi connectivity index (χ4v) is 2.55. The summed E-state index contributed by atoms with van der Waals surface area (Å²) < 4.78 is 13.5. The van der Waals surface area contributed by atoms with Crippen LogP contribution in [0.15, 0.2) is 22.8 Å². The maximum atomic E-state index is 13.3. The summed E-state index contributed by atoms with van der Waals surface area (Å²) >= 11 is 4.51. The van der Waals surface area contributed by atoms with Crippen LogP contribution in [-0.4, -0.2) is 9.91 Å². The third-order valence-corrected chi connectivity index (χ3v) is 3.85. The second-order valence-corrected chi connectivity index (χ2v) is 5.93. The van der Waals surface area contributed by atoms with E-state index in [2.05, 4.69) is 26.2 Å². The molecule has 0 bridgehead atoms. The Hall–Kier alpha value is -1.54. The van der Waals surface area contributed by atoms with Gasteiger partial charge < -0.3 is 5.32 Å². The monoisotopic (exact) mass is 345 g/mol. The molecule has 0 aliphatic heterocycles. The van der Waals surface area contributed by atoms with Gasteiger partial charge in [-0.25, -0.2) is 9.37 Å². The van der Waals surface area contributed by atoms with Gasteiger partial charge in [0.1, 0.15) is 16.5 Å². The number of thiazole rings is 1. The number of hydrogen-bond acceptors (Lipinski definition) is 5. The first-order chi connectivity index (χ1) is 8.97. The molecule has 0 aliphatic carbocycles. The third kappa shape index (κ3) is 3.27. The topological polar surface area (TPSA) is 68.1 Å². The van der Waals surface area contributed by atoms with Crippen LogP contribution in [0.2, 0.25) is 0 Å². The second kappa shape index (κ2) is 5.62. The van der Waals surface area contributed by atoms with E-state index in [9.17, 15) is 14.5 Å². The van der Waals surface area contributed by atoms with E-state index in [-0.39, 0.29) is 15.8 Å². The molecule has 2 rings (SSSR count). The molecule has 0 saturated heterocycles. The summed E-state index contributed by atoms with van der Waals surface area (Å²) in [5.41, 5.74) is -0.0416. The van der Waals surface area contributed by atoms with Crippen molar-refractivity contribution in [2.45, 2.75) is 13.5 Å². The lowest BCUT2D eigenvalue weighted by Crippen LogP contribution is -2.03. The number of aromatic nitrogens is 1. The van der Waals surface area contributed by atoms with E-state index in [0.29, 0.717) is 6.54 Å². The van der Waals surface area contributed by atoms with Crippen LogP contribution in [0, 0.1) is 22.9 Å². The summed E-state index contributed by atoms with van der Waals surface area (Å²) in [6, 6.07) is 2.24. The van der Waals surface area contributed by atoms with Crippen molar-refractivity contribution in [3.8, 4) is 0 Å². The Bertz CT molecular complexity index is 632. The van der Waals surface area contributed by atoms with Gasteiger partial charge >= 0.3 is 0 Å². The van der Waals surface area contributed by atoms with E-state index in [4.69, 9.17) is 0 Å². The molecule has 0 radical (unpaired) electrons. The molecule has 1 aromatic heterocycles. The summed E-state index contributed by atoms with van der Waals surface area (Å²) in [5, 5.41) is 14.6. The van der Waals surface area contributed by atoms with Crippen LogP contribution in [0.5, 0.6) is 0 Å². The van der Waals surface area contributed by atoms with Gasteiger partial charge in [0, 0.05) is 11.1 Å². The standard InChI is InChI=1S/C11H9BrFN3O2S/c1-6-4-15-11(19-6)5-14-9-2-7(12)8(13)3-10(9)16(17)18/h2-4,14H,5H2,1H3. The first kappa shape index (κ1) is 13.9. The predicted molar refractivity (Wildman–Crippen MR) is 74.9 cm³/mol. The van der Waals surface area contributed by atoms with Gasteiger partial charge in [-0.05, 0) is 28.9 Å². The lowest BCUT2D eigenvalue weighted by atomic mass is 10.2. The van der Waals surface area contributed by atoms with Crippen LogP contribution >= 0.6 is 27.3 Å². The fraction of sp³-hybridized carbons (Fsp3) is 0.182. The lowest BCUT2D eigenvalue weighted by Gasteiger charge is -2.06. The molecule has 0 atom stereocenters. The highest BCUT2D eigenvalue weighted by molar-refractivity contribution is 9.10. The van der Waals surface area contributed by atoms with Crippen LogP contribution < -0.4 is 5.32 Å². The van der Waals surface area contributed by atoms with E-state index < -0.39 is 10.7 Å². The molecule has 8 heteroatoms. The van der Waals surface area contributed by atoms with E-state index in [1.54, 1.807) is 6.20 Å². The number of rotatable bonds is 4. The highest BCUT2D eigenvalue weighted by Crippen LogP contribution is 2.31. The third-order valence-electron chi connectivity index (χ3n) is 2.33. The number of halogens is 2. The summed E-state index contributed by atoms with van der Waals surface area (Å²) in [7, 11) is 0. The number of anilines is 1. The molecule has 5 nitrogen and oxygen atoms in total. The largest absolute Gasteiger partial charge is 0.373 e. The van der Waals surface area contributed by atoms with Gasteiger partial charge in [0.25, 0.3) is 5.69 Å². The smallest absolute Gasteiger partial charge is 0.295 e. The molecule has 1 N–H and O–H groups in total. The van der Waals surface area contributed by atoms with Gasteiger partial charge in [0.2, 0.25) is 0 Å². The molecule has 2 aromatic rings. The Morgan fingerprint density at radius 1 is 1.58 bits per heavy atom. The van der Waals surface area contributed by atoms with Gasteiger partial charge in [0.05, 0.1) is 22.0 Å². The molecule has 1 aromatic carbocycles. The molecular formula is C11H9BrFN3O2S. The molecule has 0 saturated carbocycles. The summed E-state index contributed by atoms with van der Waals surface area (Å²) in [6.45, 7) is 2.29. The van der Waals surface area contributed by atoms with E-state index >= 15 is 0 Å². The molecule has 0 unspecified atom stereocenters. The minimum absolute atomic E-state index is 0.177. The van der Waals surface area contributed by atoms with Crippen molar-refractivity contribution in [2.24, 2.45) is 0 Å². The molecule has 100 valence electrons. The number of benzene rings is 1. The number of hydrogen-bond donors (Lipinski definition) is 1. The Kier molecular flexibility index (Phi) is 4.11. The van der Waals surface area contributed by atoms with Crippen molar-refractivity contribution in [2.75, 3.05) is 5.32 Å². The summed E-state index contributed by atoms with van der Waals surface area (Å²) in [6.07, 6.45) is 1.73. The lowest BCUT2D eigenvalue weighted by molar-refractivity contribution is -0.384. The fourth-order valence-electron chi connectivity index (χ4n) is 1.48. The number of nitrogens with one attached hydrogen (secondary N) is 1. The SMILES string of the molecule is Cc1cnc(CNc2cc(Br)c(F)cc2[N+](=O)[O-])s1. The van der Waals surface area contributed by atoms with Crippen molar-refractivity contribution in [1.29, 1.82) is 0 Å². The van der Waals surface area contributed by atoms with Crippen molar-refractivity contribution in [3.05, 3.63) is 48.6 Å². The molecule has 0 amide bonds. The number of nitrogens with zero attached hydrogens (tertiary/aromatic N) is 2. The molecule has 19 heavy (non-hydrogen) atoms. The molecular weight excluding hydrogens is 337 g/mol. The molecule has 0 aliphatic rings. The number of nitro benzene ring substituents is 1. The van der Waals surface area contributed by atoms with Crippen LogP contribution in [0.1, 0.15) is 9.88 Å². The molecule has 0 fully saturated rings. The Morgan fingerprint density at radius 2 is 2.32 bits per heavy atom. The average Bonchev–Trinajstić information content (AvgIpc) is 2.76. The zero-order valence-electron chi connectivity index (χ0n) is 9.81. The second-order valence-electron chi connectivity index (χ2n) is 3.76. The van der Waals surface area contributed by atoms with Crippen molar-refractivity contribution >= 4 is 38.6 Å². The number of nitro groups is 1. The minimum Gasteiger partial charge on any atom is -0.373 e. The van der Waals surface area contributed by atoms with Crippen molar-refractivity contribution < 1.29 is 9.31 Å². The quantitative estimate of drug-likeness (QED) is 0.674.